The van der Waals surface area contributed by atoms with Crippen molar-refractivity contribution in [3.8, 4) is 0 Å². The Morgan fingerprint density at radius 3 is 2.64 bits per heavy atom. The molecule has 0 fully saturated rings. The van der Waals surface area contributed by atoms with Crippen molar-refractivity contribution in [1.82, 2.24) is 0 Å². The van der Waals surface area contributed by atoms with E-state index in [4.69, 9.17) is 5.73 Å². The topological polar surface area (TPSA) is 43.1 Å². The van der Waals surface area contributed by atoms with E-state index in [0.717, 1.165) is 0 Å². The maximum Gasteiger partial charge on any atom is 0.226 e. The molecule has 0 radical (unpaired) electrons. The van der Waals surface area contributed by atoms with E-state index in [1.807, 2.05) is 31.2 Å². The Morgan fingerprint density at radius 2 is 2.27 bits per heavy atom. The summed E-state index contributed by atoms with van der Waals surface area (Å²) in [5.41, 5.74) is 5.21. The lowest BCUT2D eigenvalue weighted by Crippen LogP contribution is -2.36. The molecule has 0 saturated heterocycles. The SMILES string of the molecule is CC1(I)C=CC=CC1C(N)=O. The molecule has 2 nitrogen and oxygen atoms in total. The third-order valence-electron chi connectivity index (χ3n) is 1.75. The highest BCUT2D eigenvalue weighted by atomic mass is 127. The van der Waals surface area contributed by atoms with Crippen LogP contribution in [-0.4, -0.2) is 9.33 Å². The smallest absolute Gasteiger partial charge is 0.226 e. The number of alkyl halides is 1. The second-order valence-electron chi connectivity index (χ2n) is 2.78. The van der Waals surface area contributed by atoms with E-state index in [-0.39, 0.29) is 15.2 Å². The van der Waals surface area contributed by atoms with Gasteiger partial charge in [-0.15, -0.1) is 0 Å². The van der Waals surface area contributed by atoms with Crippen LogP contribution in [0.2, 0.25) is 0 Å². The summed E-state index contributed by atoms with van der Waals surface area (Å²) >= 11 is 2.23. The lowest BCUT2D eigenvalue weighted by molar-refractivity contribution is -0.120. The quantitative estimate of drug-likeness (QED) is 0.564. The number of carbonyl (C=O) groups is 1. The van der Waals surface area contributed by atoms with Crippen molar-refractivity contribution in [2.24, 2.45) is 11.7 Å². The van der Waals surface area contributed by atoms with Gasteiger partial charge in [0.15, 0.2) is 0 Å². The molecular formula is C8H10INO. The lowest BCUT2D eigenvalue weighted by atomic mass is 9.89. The monoisotopic (exact) mass is 263 g/mol. The van der Waals surface area contributed by atoms with E-state index in [9.17, 15) is 4.79 Å². The molecule has 0 aromatic heterocycles. The van der Waals surface area contributed by atoms with Crippen LogP contribution in [0.3, 0.4) is 0 Å². The molecule has 0 heterocycles. The molecule has 0 spiro atoms. The minimum Gasteiger partial charge on any atom is -0.369 e. The summed E-state index contributed by atoms with van der Waals surface area (Å²) in [6.45, 7) is 1.99. The van der Waals surface area contributed by atoms with Crippen LogP contribution >= 0.6 is 22.6 Å². The van der Waals surface area contributed by atoms with Crippen LogP contribution in [0.4, 0.5) is 0 Å². The van der Waals surface area contributed by atoms with Gasteiger partial charge in [-0.1, -0.05) is 46.9 Å². The predicted octanol–water partition coefficient (Wildman–Crippen LogP) is 1.41. The molecule has 1 rings (SSSR count). The van der Waals surface area contributed by atoms with Crippen molar-refractivity contribution in [2.75, 3.05) is 0 Å². The number of hydrogen-bond acceptors (Lipinski definition) is 1. The van der Waals surface area contributed by atoms with Crippen LogP contribution in [0.1, 0.15) is 6.92 Å². The molecule has 2 atom stereocenters. The van der Waals surface area contributed by atoms with Crippen LogP contribution in [-0.2, 0) is 4.79 Å². The van der Waals surface area contributed by atoms with Crippen LogP contribution in [0, 0.1) is 5.92 Å². The molecular weight excluding hydrogens is 253 g/mol. The van der Waals surface area contributed by atoms with Gasteiger partial charge in [-0.05, 0) is 6.92 Å². The van der Waals surface area contributed by atoms with Crippen molar-refractivity contribution < 1.29 is 4.79 Å². The first kappa shape index (κ1) is 8.77. The first-order chi connectivity index (χ1) is 5.04. The average molecular weight is 263 g/mol. The molecule has 0 aliphatic heterocycles. The molecule has 2 N–H and O–H groups in total. The van der Waals surface area contributed by atoms with Gasteiger partial charge in [0.25, 0.3) is 0 Å². The normalized spacial score (nSPS) is 35.6. The van der Waals surface area contributed by atoms with Gasteiger partial charge >= 0.3 is 0 Å². The fourth-order valence-electron chi connectivity index (χ4n) is 1.08. The van der Waals surface area contributed by atoms with Gasteiger partial charge in [-0.2, -0.15) is 0 Å². The van der Waals surface area contributed by atoms with E-state index >= 15 is 0 Å². The number of allylic oxidation sites excluding steroid dienone is 3. The maximum absolute atomic E-state index is 10.9. The molecule has 0 bridgehead atoms. The standard InChI is InChI=1S/C8H10INO/c1-8(9)5-3-2-4-6(8)7(10)11/h2-6H,1H3,(H2,10,11). The first-order valence-electron chi connectivity index (χ1n) is 3.38. The summed E-state index contributed by atoms with van der Waals surface area (Å²) in [7, 11) is 0. The largest absolute Gasteiger partial charge is 0.369 e. The second-order valence-corrected chi connectivity index (χ2v) is 5.10. The van der Waals surface area contributed by atoms with Crippen molar-refractivity contribution in [3.63, 3.8) is 0 Å². The first-order valence-corrected chi connectivity index (χ1v) is 4.46. The summed E-state index contributed by atoms with van der Waals surface area (Å²) < 4.78 is -0.154. The zero-order valence-electron chi connectivity index (χ0n) is 6.25. The van der Waals surface area contributed by atoms with Gasteiger partial charge < -0.3 is 5.73 Å². The zero-order chi connectivity index (χ0) is 8.48. The van der Waals surface area contributed by atoms with Gasteiger partial charge in [0.2, 0.25) is 5.91 Å². The summed E-state index contributed by atoms with van der Waals surface area (Å²) in [5.74, 6) is -0.435. The number of carbonyl (C=O) groups excluding carboxylic acids is 1. The summed E-state index contributed by atoms with van der Waals surface area (Å²) in [4.78, 5) is 10.9. The zero-order valence-corrected chi connectivity index (χ0v) is 8.41. The Hall–Kier alpha value is -0.320. The molecule has 0 aromatic carbocycles. The van der Waals surface area contributed by atoms with E-state index < -0.39 is 0 Å². The number of hydrogen-bond donors (Lipinski definition) is 1. The molecule has 1 aliphatic carbocycles. The summed E-state index contributed by atoms with van der Waals surface area (Å²) in [6.07, 6.45) is 7.62. The molecule has 1 amide bonds. The Bertz CT molecular complexity index is 230. The van der Waals surface area contributed by atoms with Gasteiger partial charge in [0.1, 0.15) is 0 Å². The van der Waals surface area contributed by atoms with Crippen LogP contribution in [0.5, 0.6) is 0 Å². The van der Waals surface area contributed by atoms with Gasteiger partial charge in [-0.3, -0.25) is 4.79 Å². The van der Waals surface area contributed by atoms with Crippen molar-refractivity contribution in [3.05, 3.63) is 24.3 Å². The lowest BCUT2D eigenvalue weighted by Gasteiger charge is -2.26. The molecule has 60 valence electrons. The van der Waals surface area contributed by atoms with Gasteiger partial charge in [-0.25, -0.2) is 0 Å². The molecule has 11 heavy (non-hydrogen) atoms. The van der Waals surface area contributed by atoms with Crippen molar-refractivity contribution >= 4 is 28.5 Å². The highest BCUT2D eigenvalue weighted by Gasteiger charge is 2.32. The minimum atomic E-state index is -0.262. The van der Waals surface area contributed by atoms with E-state index in [1.54, 1.807) is 0 Å². The highest BCUT2D eigenvalue weighted by molar-refractivity contribution is 14.1. The fraction of sp³-hybridized carbons (Fsp3) is 0.375. The molecule has 3 heteroatoms. The molecule has 0 aromatic rings. The van der Waals surface area contributed by atoms with Crippen LogP contribution < -0.4 is 5.73 Å². The number of amides is 1. The predicted molar refractivity (Wildman–Crippen MR) is 53.4 cm³/mol. The molecule has 2 unspecified atom stereocenters. The Labute approximate surface area is 79.7 Å². The van der Waals surface area contributed by atoms with Gasteiger partial charge in [0.05, 0.1) is 9.34 Å². The molecule has 1 aliphatic rings. The maximum atomic E-state index is 10.9. The number of rotatable bonds is 1. The van der Waals surface area contributed by atoms with E-state index in [0.29, 0.717) is 0 Å². The van der Waals surface area contributed by atoms with Crippen LogP contribution in [0.25, 0.3) is 0 Å². The van der Waals surface area contributed by atoms with E-state index in [1.165, 1.54) is 0 Å². The van der Waals surface area contributed by atoms with Crippen molar-refractivity contribution in [1.29, 1.82) is 0 Å². The highest BCUT2D eigenvalue weighted by Crippen LogP contribution is 2.32. The molecule has 0 saturated carbocycles. The Balaban J connectivity index is 2.89. The second kappa shape index (κ2) is 2.97. The third kappa shape index (κ3) is 1.83. The number of primary amides is 1. The Morgan fingerprint density at radius 1 is 1.64 bits per heavy atom. The fourth-order valence-corrected chi connectivity index (χ4v) is 1.81. The Kier molecular flexibility index (Phi) is 2.37. The summed E-state index contributed by atoms with van der Waals surface area (Å²) in [5, 5.41) is 0. The number of halogens is 1. The van der Waals surface area contributed by atoms with E-state index in [2.05, 4.69) is 22.6 Å². The third-order valence-corrected chi connectivity index (χ3v) is 2.78. The average Bonchev–Trinajstić information content (AvgIpc) is 1.85. The van der Waals surface area contributed by atoms with Crippen LogP contribution in [0.15, 0.2) is 24.3 Å². The van der Waals surface area contributed by atoms with Gasteiger partial charge in [0, 0.05) is 0 Å². The minimum absolute atomic E-state index is 0.154. The van der Waals surface area contributed by atoms with Crippen molar-refractivity contribution in [2.45, 2.75) is 10.3 Å². The summed E-state index contributed by atoms with van der Waals surface area (Å²) in [6, 6.07) is 0. The number of nitrogens with two attached hydrogens (primary N) is 1.